The lowest BCUT2D eigenvalue weighted by atomic mass is 9.62. The molecule has 2 aromatic heterocycles. The topological polar surface area (TPSA) is 30.7 Å². The van der Waals surface area contributed by atoms with Gasteiger partial charge in [-0.05, 0) is 54.3 Å². The summed E-state index contributed by atoms with van der Waals surface area (Å²) in [6, 6.07) is 63.7. The molecule has 9 aromatic rings. The van der Waals surface area contributed by atoms with Crippen LogP contribution in [0.4, 0.5) is 0 Å². The minimum Gasteiger partial charge on any atom is -0.308 e. The van der Waals surface area contributed by atoms with E-state index in [1.165, 1.54) is 55.2 Å². The van der Waals surface area contributed by atoms with E-state index in [0.717, 1.165) is 33.8 Å². The van der Waals surface area contributed by atoms with Crippen molar-refractivity contribution in [3.8, 4) is 39.6 Å². The van der Waals surface area contributed by atoms with Crippen LogP contribution in [-0.4, -0.2) is 14.5 Å². The van der Waals surface area contributed by atoms with Gasteiger partial charge >= 0.3 is 0 Å². The fourth-order valence-electron chi connectivity index (χ4n) is 8.44. The first-order chi connectivity index (χ1) is 25.6. The van der Waals surface area contributed by atoms with Crippen molar-refractivity contribution in [1.29, 1.82) is 0 Å². The first-order valence-electron chi connectivity index (χ1n) is 17.9. The van der Waals surface area contributed by atoms with E-state index in [2.05, 4.69) is 182 Å². The van der Waals surface area contributed by atoms with Crippen LogP contribution in [0, 0.1) is 13.8 Å². The Morgan fingerprint density at radius 2 is 0.981 bits per heavy atom. The Morgan fingerprint density at radius 1 is 0.462 bits per heavy atom. The minimum atomic E-state index is -0.615. The minimum absolute atomic E-state index is 0.615. The highest BCUT2D eigenvalue weighted by Crippen LogP contribution is 2.55. The first kappa shape index (κ1) is 30.3. The van der Waals surface area contributed by atoms with Crippen LogP contribution in [0.1, 0.15) is 33.4 Å². The number of hydrogen-bond acceptors (Lipinski definition) is 2. The number of benzene rings is 7. The Morgan fingerprint density at radius 3 is 1.60 bits per heavy atom. The third-order valence-electron chi connectivity index (χ3n) is 10.8. The molecule has 1 aliphatic rings. The molecule has 0 aliphatic carbocycles. The van der Waals surface area contributed by atoms with E-state index in [9.17, 15) is 0 Å². The molecule has 0 unspecified atom stereocenters. The SMILES string of the molecule is Cc1ccc(C2(c3ccc(C)cc3)c3cccc(-c4nc(-c5ccccc5)cc(-c5ccccc5)n4)c3-n3c4ccccc4c4cccc2c43)cc1. The number of hydrogen-bond donors (Lipinski definition) is 0. The molecule has 0 amide bonds. The number of rotatable bonds is 5. The lowest BCUT2D eigenvalue weighted by molar-refractivity contribution is 0.727. The summed E-state index contributed by atoms with van der Waals surface area (Å²) in [6.07, 6.45) is 0. The van der Waals surface area contributed by atoms with Crippen molar-refractivity contribution in [3.05, 3.63) is 209 Å². The van der Waals surface area contributed by atoms with Crippen molar-refractivity contribution in [2.45, 2.75) is 19.3 Å². The van der Waals surface area contributed by atoms with Crippen LogP contribution in [-0.2, 0) is 5.41 Å². The van der Waals surface area contributed by atoms with E-state index in [1.807, 2.05) is 12.1 Å². The van der Waals surface area contributed by atoms with Gasteiger partial charge in [0.05, 0.1) is 33.5 Å². The molecule has 52 heavy (non-hydrogen) atoms. The predicted octanol–water partition coefficient (Wildman–Crippen LogP) is 11.9. The quantitative estimate of drug-likeness (QED) is 0.183. The van der Waals surface area contributed by atoms with Crippen LogP contribution in [0.5, 0.6) is 0 Å². The molecule has 0 atom stereocenters. The second-order valence-corrected chi connectivity index (χ2v) is 13.9. The lowest BCUT2D eigenvalue weighted by Crippen LogP contribution is -2.35. The fourth-order valence-corrected chi connectivity index (χ4v) is 8.44. The highest BCUT2D eigenvalue weighted by molar-refractivity contribution is 6.12. The summed E-state index contributed by atoms with van der Waals surface area (Å²) in [6.45, 7) is 4.32. The van der Waals surface area contributed by atoms with Gasteiger partial charge in [0.15, 0.2) is 5.82 Å². The van der Waals surface area contributed by atoms with Gasteiger partial charge in [-0.1, -0.05) is 169 Å². The van der Waals surface area contributed by atoms with Gasteiger partial charge in [-0.2, -0.15) is 0 Å². The molecular formula is C49H35N3. The summed E-state index contributed by atoms with van der Waals surface area (Å²) in [7, 11) is 0. The van der Waals surface area contributed by atoms with Gasteiger partial charge in [-0.25, -0.2) is 9.97 Å². The number of para-hydroxylation sites is 3. The summed E-state index contributed by atoms with van der Waals surface area (Å²) in [4.78, 5) is 10.8. The standard InChI is InChI=1S/C49H35N3/c1-32-23-27-36(28-24-32)49(37-29-25-33(2)26-30-37)41-20-11-18-39-38-17-9-10-22-45(38)52(46(39)41)47-40(19-12-21-42(47)49)48-50-43(34-13-5-3-6-14-34)31-44(51-48)35-15-7-4-8-16-35/h3-31H,1-2H3. The summed E-state index contributed by atoms with van der Waals surface area (Å²) in [5.41, 5.74) is 15.2. The van der Waals surface area contributed by atoms with E-state index in [1.54, 1.807) is 0 Å². The maximum atomic E-state index is 5.38. The van der Waals surface area contributed by atoms with Crippen molar-refractivity contribution in [2.75, 3.05) is 0 Å². The molecule has 246 valence electrons. The van der Waals surface area contributed by atoms with Crippen molar-refractivity contribution < 1.29 is 0 Å². The average molecular weight is 666 g/mol. The highest BCUT2D eigenvalue weighted by Gasteiger charge is 2.46. The maximum absolute atomic E-state index is 5.38. The van der Waals surface area contributed by atoms with Gasteiger partial charge in [0.1, 0.15) is 0 Å². The molecule has 0 saturated carbocycles. The van der Waals surface area contributed by atoms with Gasteiger partial charge < -0.3 is 4.57 Å². The smallest absolute Gasteiger partial charge is 0.162 e. The average Bonchev–Trinajstić information content (AvgIpc) is 3.54. The van der Waals surface area contributed by atoms with Crippen LogP contribution in [0.2, 0.25) is 0 Å². The van der Waals surface area contributed by atoms with E-state index in [0.29, 0.717) is 5.82 Å². The third kappa shape index (κ3) is 4.46. The van der Waals surface area contributed by atoms with Gasteiger partial charge in [-0.3, -0.25) is 0 Å². The molecule has 3 nitrogen and oxygen atoms in total. The van der Waals surface area contributed by atoms with Gasteiger partial charge in [-0.15, -0.1) is 0 Å². The molecule has 7 aromatic carbocycles. The first-order valence-corrected chi connectivity index (χ1v) is 17.9. The van der Waals surface area contributed by atoms with Gasteiger partial charge in [0.25, 0.3) is 0 Å². The molecule has 1 aliphatic heterocycles. The summed E-state index contributed by atoms with van der Waals surface area (Å²) in [5, 5.41) is 2.47. The Kier molecular flexibility index (Phi) is 6.84. The van der Waals surface area contributed by atoms with E-state index in [4.69, 9.17) is 9.97 Å². The fraction of sp³-hybridized carbons (Fsp3) is 0.0612. The maximum Gasteiger partial charge on any atom is 0.162 e. The largest absolute Gasteiger partial charge is 0.308 e. The molecule has 0 radical (unpaired) electrons. The molecule has 3 heteroatoms. The summed E-state index contributed by atoms with van der Waals surface area (Å²) >= 11 is 0. The molecule has 0 spiro atoms. The van der Waals surface area contributed by atoms with Crippen molar-refractivity contribution in [3.63, 3.8) is 0 Å². The Hall–Kier alpha value is -6.58. The highest BCUT2D eigenvalue weighted by atomic mass is 15.0. The summed E-state index contributed by atoms with van der Waals surface area (Å²) < 4.78 is 2.49. The van der Waals surface area contributed by atoms with E-state index < -0.39 is 5.41 Å². The van der Waals surface area contributed by atoms with Crippen LogP contribution >= 0.6 is 0 Å². The molecule has 10 rings (SSSR count). The Bertz CT molecular complexity index is 2670. The molecular weight excluding hydrogens is 631 g/mol. The Labute approximate surface area is 303 Å². The number of nitrogens with zero attached hydrogens (tertiary/aromatic N) is 3. The molecule has 0 N–H and O–H groups in total. The lowest BCUT2D eigenvalue weighted by Gasteiger charge is -2.42. The molecule has 0 bridgehead atoms. The number of aryl methyl sites for hydroxylation is 2. The number of aromatic nitrogens is 3. The zero-order valence-electron chi connectivity index (χ0n) is 29.1. The predicted molar refractivity (Wildman–Crippen MR) is 214 cm³/mol. The zero-order chi connectivity index (χ0) is 34.8. The second-order valence-electron chi connectivity index (χ2n) is 13.9. The third-order valence-corrected chi connectivity index (χ3v) is 10.8. The van der Waals surface area contributed by atoms with Gasteiger partial charge in [0.2, 0.25) is 0 Å². The van der Waals surface area contributed by atoms with Crippen molar-refractivity contribution in [1.82, 2.24) is 14.5 Å². The number of fused-ring (bicyclic) bond motifs is 5. The molecule has 3 heterocycles. The molecule has 0 saturated heterocycles. The van der Waals surface area contributed by atoms with Crippen molar-refractivity contribution >= 4 is 21.8 Å². The zero-order valence-corrected chi connectivity index (χ0v) is 29.1. The van der Waals surface area contributed by atoms with Gasteiger partial charge in [0, 0.05) is 27.5 Å². The van der Waals surface area contributed by atoms with Crippen LogP contribution < -0.4 is 0 Å². The van der Waals surface area contributed by atoms with Crippen LogP contribution in [0.15, 0.2) is 176 Å². The summed E-state index contributed by atoms with van der Waals surface area (Å²) in [5.74, 6) is 0.698. The van der Waals surface area contributed by atoms with Crippen LogP contribution in [0.25, 0.3) is 61.4 Å². The van der Waals surface area contributed by atoms with Crippen molar-refractivity contribution in [2.24, 2.45) is 0 Å². The second kappa shape index (κ2) is 11.8. The van der Waals surface area contributed by atoms with Crippen LogP contribution in [0.3, 0.4) is 0 Å². The van der Waals surface area contributed by atoms with E-state index in [-0.39, 0.29) is 0 Å². The van der Waals surface area contributed by atoms with E-state index >= 15 is 0 Å². The Balaban J connectivity index is 1.39. The monoisotopic (exact) mass is 665 g/mol. The molecule has 0 fully saturated rings. The normalized spacial score (nSPS) is 13.0.